The molecular weight excluding hydrogens is 376 g/mol. The van der Waals surface area contributed by atoms with E-state index in [0.29, 0.717) is 12.5 Å². The van der Waals surface area contributed by atoms with Crippen molar-refractivity contribution in [1.29, 1.82) is 0 Å². The maximum atomic E-state index is 13.5. The molecule has 0 aliphatic carbocycles. The Hall–Kier alpha value is -2.32. The first-order chi connectivity index (χ1) is 14.1. The molecular formula is C21H27F2N5O. The third-order valence-corrected chi connectivity index (χ3v) is 5.70. The second-order valence-electron chi connectivity index (χ2n) is 7.70. The van der Waals surface area contributed by atoms with Gasteiger partial charge in [-0.25, -0.2) is 13.8 Å². The molecule has 2 fully saturated rings. The number of likely N-dealkylation sites (N-methyl/N-ethyl adjacent to an activating group) is 1. The fraction of sp³-hybridized carbons (Fsp3) is 0.524. The minimum Gasteiger partial charge on any atom is -0.378 e. The number of benzene rings is 1. The van der Waals surface area contributed by atoms with Gasteiger partial charge in [0.25, 0.3) is 0 Å². The van der Waals surface area contributed by atoms with E-state index in [0.717, 1.165) is 63.6 Å². The molecule has 0 saturated carbocycles. The van der Waals surface area contributed by atoms with Crippen molar-refractivity contribution in [3.8, 4) is 0 Å². The molecule has 0 spiro atoms. The normalized spacial score (nSPS) is 20.7. The van der Waals surface area contributed by atoms with Crippen LogP contribution in [0, 0.1) is 11.6 Å². The molecule has 29 heavy (non-hydrogen) atoms. The third-order valence-electron chi connectivity index (χ3n) is 5.70. The molecule has 8 heteroatoms. The van der Waals surface area contributed by atoms with Gasteiger partial charge < -0.3 is 14.5 Å². The van der Waals surface area contributed by atoms with E-state index in [1.165, 1.54) is 12.1 Å². The number of anilines is 2. The second kappa shape index (κ2) is 9.00. The van der Waals surface area contributed by atoms with E-state index < -0.39 is 11.6 Å². The summed E-state index contributed by atoms with van der Waals surface area (Å²) >= 11 is 0. The summed E-state index contributed by atoms with van der Waals surface area (Å²) in [7, 11) is 2.03. The molecule has 2 aromatic rings. The van der Waals surface area contributed by atoms with E-state index >= 15 is 0 Å². The predicted molar refractivity (Wildman–Crippen MR) is 108 cm³/mol. The number of piperidine rings is 1. The summed E-state index contributed by atoms with van der Waals surface area (Å²) in [6, 6.07) is 6.36. The van der Waals surface area contributed by atoms with Gasteiger partial charge in [-0.2, -0.15) is 4.98 Å². The van der Waals surface area contributed by atoms with Crippen molar-refractivity contribution in [3.05, 3.63) is 47.7 Å². The second-order valence-corrected chi connectivity index (χ2v) is 7.70. The van der Waals surface area contributed by atoms with Gasteiger partial charge in [0, 0.05) is 45.5 Å². The first kappa shape index (κ1) is 20.0. The molecule has 1 unspecified atom stereocenters. The Kier molecular flexibility index (Phi) is 6.20. The number of aromatic nitrogens is 2. The number of hydrogen-bond acceptors (Lipinski definition) is 6. The van der Waals surface area contributed by atoms with E-state index in [2.05, 4.69) is 19.7 Å². The smallest absolute Gasteiger partial charge is 0.227 e. The number of likely N-dealkylation sites (tertiary alicyclic amines) is 1. The lowest BCUT2D eigenvalue weighted by Crippen LogP contribution is -2.47. The summed E-state index contributed by atoms with van der Waals surface area (Å²) in [5, 5.41) is 0. The summed E-state index contributed by atoms with van der Waals surface area (Å²) in [6.45, 7) is 5.50. The zero-order chi connectivity index (χ0) is 20.2. The number of rotatable bonds is 5. The Bertz CT molecular complexity index is 830. The monoisotopic (exact) mass is 403 g/mol. The van der Waals surface area contributed by atoms with Crippen LogP contribution in [-0.4, -0.2) is 67.4 Å². The fourth-order valence-corrected chi connectivity index (χ4v) is 4.03. The van der Waals surface area contributed by atoms with Crippen LogP contribution in [0.1, 0.15) is 18.4 Å². The lowest BCUT2D eigenvalue weighted by atomic mass is 10.0. The average Bonchev–Trinajstić information content (AvgIpc) is 2.77. The van der Waals surface area contributed by atoms with Gasteiger partial charge in [0.1, 0.15) is 5.82 Å². The van der Waals surface area contributed by atoms with Crippen molar-refractivity contribution in [2.24, 2.45) is 0 Å². The molecule has 1 atom stereocenters. The van der Waals surface area contributed by atoms with E-state index in [1.807, 2.05) is 19.3 Å². The number of hydrogen-bond donors (Lipinski definition) is 0. The molecule has 6 nitrogen and oxygen atoms in total. The highest BCUT2D eigenvalue weighted by atomic mass is 19.2. The SMILES string of the molecule is CN(c1nccc(N2CCOCC2)n1)C1CCCN(Cc2ccc(F)c(F)c2)C1. The molecule has 0 amide bonds. The Labute approximate surface area is 170 Å². The number of ether oxygens (including phenoxy) is 1. The van der Waals surface area contributed by atoms with Crippen molar-refractivity contribution in [1.82, 2.24) is 14.9 Å². The largest absolute Gasteiger partial charge is 0.378 e. The quantitative estimate of drug-likeness (QED) is 0.765. The van der Waals surface area contributed by atoms with Gasteiger partial charge >= 0.3 is 0 Å². The van der Waals surface area contributed by atoms with Gasteiger partial charge in [-0.3, -0.25) is 4.90 Å². The number of nitrogens with zero attached hydrogens (tertiary/aromatic N) is 5. The summed E-state index contributed by atoms with van der Waals surface area (Å²) in [5.41, 5.74) is 0.790. The van der Waals surface area contributed by atoms with Crippen LogP contribution in [0.4, 0.5) is 20.5 Å². The zero-order valence-electron chi connectivity index (χ0n) is 16.7. The van der Waals surface area contributed by atoms with Crippen LogP contribution >= 0.6 is 0 Å². The van der Waals surface area contributed by atoms with Crippen molar-refractivity contribution >= 4 is 11.8 Å². The predicted octanol–water partition coefficient (Wildman–Crippen LogP) is 2.69. The van der Waals surface area contributed by atoms with Gasteiger partial charge in [0.05, 0.1) is 13.2 Å². The fourth-order valence-electron chi connectivity index (χ4n) is 4.03. The maximum absolute atomic E-state index is 13.5. The minimum atomic E-state index is -0.803. The van der Waals surface area contributed by atoms with Crippen LogP contribution in [0.2, 0.25) is 0 Å². The highest BCUT2D eigenvalue weighted by molar-refractivity contribution is 5.44. The van der Waals surface area contributed by atoms with Gasteiger partial charge in [0.2, 0.25) is 5.95 Å². The molecule has 0 radical (unpaired) electrons. The molecule has 0 bridgehead atoms. The highest BCUT2D eigenvalue weighted by Crippen LogP contribution is 2.22. The standard InChI is InChI=1S/C21H27F2N5O/c1-26(21-24-7-6-20(25-21)28-9-11-29-12-10-28)17-3-2-8-27(15-17)14-16-4-5-18(22)19(23)13-16/h4-7,13,17H,2-3,8-12,14-15H2,1H3. The Balaban J connectivity index is 1.41. The van der Waals surface area contributed by atoms with Gasteiger partial charge in [0.15, 0.2) is 11.6 Å². The topological polar surface area (TPSA) is 44.7 Å². The molecule has 2 aliphatic rings. The lowest BCUT2D eigenvalue weighted by molar-refractivity contribution is 0.122. The molecule has 156 valence electrons. The van der Waals surface area contributed by atoms with E-state index in [4.69, 9.17) is 9.72 Å². The first-order valence-electron chi connectivity index (χ1n) is 10.1. The molecule has 1 aromatic heterocycles. The molecule has 1 aromatic carbocycles. The highest BCUT2D eigenvalue weighted by Gasteiger charge is 2.25. The van der Waals surface area contributed by atoms with Crippen LogP contribution < -0.4 is 9.80 Å². The molecule has 0 N–H and O–H groups in total. The summed E-state index contributed by atoms with van der Waals surface area (Å²) in [6.07, 6.45) is 3.91. The summed E-state index contributed by atoms with van der Waals surface area (Å²) < 4.78 is 32.1. The van der Waals surface area contributed by atoms with Crippen molar-refractivity contribution < 1.29 is 13.5 Å². The molecule has 2 saturated heterocycles. The summed E-state index contributed by atoms with van der Waals surface area (Å²) in [4.78, 5) is 15.9. The van der Waals surface area contributed by atoms with Crippen molar-refractivity contribution in [3.63, 3.8) is 0 Å². The van der Waals surface area contributed by atoms with Crippen LogP contribution in [0.15, 0.2) is 30.5 Å². The Morgan fingerprint density at radius 1 is 1.14 bits per heavy atom. The van der Waals surface area contributed by atoms with Crippen molar-refractivity contribution in [2.45, 2.75) is 25.4 Å². The number of halogens is 2. The van der Waals surface area contributed by atoms with Crippen molar-refractivity contribution in [2.75, 3.05) is 56.2 Å². The Morgan fingerprint density at radius 3 is 2.76 bits per heavy atom. The minimum absolute atomic E-state index is 0.272. The van der Waals surface area contributed by atoms with Crippen LogP contribution in [0.25, 0.3) is 0 Å². The molecule has 2 aliphatic heterocycles. The van der Waals surface area contributed by atoms with E-state index in [9.17, 15) is 8.78 Å². The van der Waals surface area contributed by atoms with Gasteiger partial charge in [-0.15, -0.1) is 0 Å². The van der Waals surface area contributed by atoms with Crippen LogP contribution in [-0.2, 0) is 11.3 Å². The number of morpholine rings is 1. The average molecular weight is 403 g/mol. The maximum Gasteiger partial charge on any atom is 0.227 e. The zero-order valence-corrected chi connectivity index (χ0v) is 16.7. The van der Waals surface area contributed by atoms with E-state index in [-0.39, 0.29) is 6.04 Å². The van der Waals surface area contributed by atoms with E-state index in [1.54, 1.807) is 6.07 Å². The third kappa shape index (κ3) is 4.82. The summed E-state index contributed by atoms with van der Waals surface area (Å²) in [5.74, 6) is 0.0529. The van der Waals surface area contributed by atoms with Crippen LogP contribution in [0.5, 0.6) is 0 Å². The van der Waals surface area contributed by atoms with Gasteiger partial charge in [-0.05, 0) is 43.1 Å². The molecule has 4 rings (SSSR count). The Morgan fingerprint density at radius 2 is 1.97 bits per heavy atom. The van der Waals surface area contributed by atoms with Gasteiger partial charge in [-0.1, -0.05) is 6.07 Å². The molecule has 3 heterocycles. The lowest BCUT2D eigenvalue weighted by Gasteiger charge is -2.38. The first-order valence-corrected chi connectivity index (χ1v) is 10.1. The van der Waals surface area contributed by atoms with Crippen LogP contribution in [0.3, 0.4) is 0 Å².